The van der Waals surface area contributed by atoms with Crippen molar-refractivity contribution in [2.75, 3.05) is 25.5 Å². The number of aromatic nitrogens is 3. The van der Waals surface area contributed by atoms with Crippen LogP contribution in [0.25, 0.3) is 22.0 Å². The van der Waals surface area contributed by atoms with Crippen molar-refractivity contribution in [2.45, 2.75) is 37.6 Å². The number of pyridine rings is 1. The van der Waals surface area contributed by atoms with Crippen molar-refractivity contribution < 1.29 is 5.11 Å². The minimum Gasteiger partial charge on any atom is -0.507 e. The van der Waals surface area contributed by atoms with Crippen LogP contribution in [0.4, 0.5) is 5.82 Å². The number of hydrogen-bond acceptors (Lipinski definition) is 6. The molecule has 1 atom stereocenters. The van der Waals surface area contributed by atoms with Crippen LogP contribution >= 0.6 is 0 Å². The number of likely N-dealkylation sites (N-methyl/N-ethyl adjacent to an activating group) is 1. The molecule has 2 aromatic heterocycles. The Balaban J connectivity index is 1.53. The molecule has 1 aliphatic carbocycles. The minimum absolute atomic E-state index is 0.270. The predicted molar refractivity (Wildman–Crippen MR) is 111 cm³/mol. The van der Waals surface area contributed by atoms with E-state index < -0.39 is 0 Å². The number of fused-ring (bicyclic) bond motifs is 1. The molecule has 1 aromatic carbocycles. The highest BCUT2D eigenvalue weighted by Gasteiger charge is 2.25. The Hall–Kier alpha value is -2.73. The monoisotopic (exact) mass is 375 g/mol. The van der Waals surface area contributed by atoms with Gasteiger partial charge in [0.2, 0.25) is 0 Å². The summed E-state index contributed by atoms with van der Waals surface area (Å²) in [5, 5.41) is 25.1. The predicted octanol–water partition coefficient (Wildman–Crippen LogP) is 3.78. The lowest BCUT2D eigenvalue weighted by atomic mass is 10.0. The molecule has 0 bridgehead atoms. The molecule has 0 radical (unpaired) electrons. The van der Waals surface area contributed by atoms with Crippen LogP contribution < -0.4 is 5.32 Å². The molecule has 6 heteroatoms. The molecule has 5 rings (SSSR count). The summed E-state index contributed by atoms with van der Waals surface area (Å²) in [5.41, 5.74) is 2.63. The molecule has 28 heavy (non-hydrogen) atoms. The van der Waals surface area contributed by atoms with Crippen molar-refractivity contribution in [1.29, 1.82) is 0 Å². The summed E-state index contributed by atoms with van der Waals surface area (Å²) in [4.78, 5) is 6.64. The third kappa shape index (κ3) is 3.29. The van der Waals surface area contributed by atoms with E-state index in [1.165, 1.54) is 24.8 Å². The van der Waals surface area contributed by atoms with E-state index in [2.05, 4.69) is 38.5 Å². The topological polar surface area (TPSA) is 74.2 Å². The van der Waals surface area contributed by atoms with Gasteiger partial charge in [0.1, 0.15) is 11.4 Å². The van der Waals surface area contributed by atoms with Crippen molar-refractivity contribution in [3.63, 3.8) is 0 Å². The van der Waals surface area contributed by atoms with Gasteiger partial charge < -0.3 is 15.3 Å². The van der Waals surface area contributed by atoms with E-state index >= 15 is 0 Å². The van der Waals surface area contributed by atoms with Crippen LogP contribution in [0.2, 0.25) is 0 Å². The molecule has 0 unspecified atom stereocenters. The lowest BCUT2D eigenvalue weighted by Gasteiger charge is -2.30. The number of phenolic OH excluding ortho intramolecular Hbond substituents is 1. The van der Waals surface area contributed by atoms with Gasteiger partial charge in [-0.25, -0.2) is 0 Å². The first-order chi connectivity index (χ1) is 13.7. The molecule has 1 saturated carbocycles. The smallest absolute Gasteiger partial charge is 0.158 e. The second-order valence-corrected chi connectivity index (χ2v) is 8.12. The first-order valence-corrected chi connectivity index (χ1v) is 10.1. The standard InChI is InChI=1S/C22H25N5O/c1-27-10-2-3-16(13-27)24-22-19-12-23-9-8-17(19)21(25-26-22)18-7-6-15(11-20(18)28)14-4-5-14/h6-9,11-12,14,16,28H,2-5,10,13H2,1H3,(H,24,26)/t16-/m1/s1. The maximum Gasteiger partial charge on any atom is 0.158 e. The molecular weight excluding hydrogens is 350 g/mol. The number of nitrogens with one attached hydrogen (secondary N) is 1. The maximum atomic E-state index is 10.6. The molecular formula is C22H25N5O. The average molecular weight is 375 g/mol. The van der Waals surface area contributed by atoms with Gasteiger partial charge in [0, 0.05) is 41.3 Å². The Kier molecular flexibility index (Phi) is 4.36. The third-order valence-electron chi connectivity index (χ3n) is 5.87. The van der Waals surface area contributed by atoms with Gasteiger partial charge in [0.25, 0.3) is 0 Å². The summed E-state index contributed by atoms with van der Waals surface area (Å²) in [6.07, 6.45) is 8.32. The molecule has 0 spiro atoms. The number of anilines is 1. The van der Waals surface area contributed by atoms with E-state index in [9.17, 15) is 5.11 Å². The van der Waals surface area contributed by atoms with Gasteiger partial charge in [0.05, 0.1) is 0 Å². The Morgan fingerprint density at radius 2 is 2.00 bits per heavy atom. The molecule has 6 nitrogen and oxygen atoms in total. The zero-order valence-corrected chi connectivity index (χ0v) is 16.1. The van der Waals surface area contributed by atoms with E-state index in [1.54, 1.807) is 6.20 Å². The van der Waals surface area contributed by atoms with Gasteiger partial charge in [-0.1, -0.05) is 6.07 Å². The summed E-state index contributed by atoms with van der Waals surface area (Å²) in [7, 11) is 2.15. The van der Waals surface area contributed by atoms with Crippen molar-refractivity contribution in [3.8, 4) is 17.0 Å². The summed E-state index contributed by atoms with van der Waals surface area (Å²) in [5.74, 6) is 1.64. The zero-order chi connectivity index (χ0) is 19.1. The van der Waals surface area contributed by atoms with Crippen molar-refractivity contribution in [1.82, 2.24) is 20.1 Å². The fourth-order valence-electron chi connectivity index (χ4n) is 4.20. The summed E-state index contributed by atoms with van der Waals surface area (Å²) in [6.45, 7) is 2.13. The first kappa shape index (κ1) is 17.4. The van der Waals surface area contributed by atoms with Crippen LogP contribution in [0.3, 0.4) is 0 Å². The van der Waals surface area contributed by atoms with Gasteiger partial charge in [-0.2, -0.15) is 0 Å². The van der Waals surface area contributed by atoms with Crippen molar-refractivity contribution in [3.05, 3.63) is 42.2 Å². The van der Waals surface area contributed by atoms with Gasteiger partial charge in [-0.15, -0.1) is 10.2 Å². The highest BCUT2D eigenvalue weighted by Crippen LogP contribution is 2.43. The molecule has 3 aromatic rings. The molecule has 2 N–H and O–H groups in total. The van der Waals surface area contributed by atoms with Crippen LogP contribution in [0, 0.1) is 0 Å². The van der Waals surface area contributed by atoms with Gasteiger partial charge in [-0.05, 0) is 69.0 Å². The number of hydrogen-bond donors (Lipinski definition) is 2. The summed E-state index contributed by atoms with van der Waals surface area (Å²) < 4.78 is 0. The van der Waals surface area contributed by atoms with Crippen LogP contribution in [-0.2, 0) is 0 Å². The van der Waals surface area contributed by atoms with Crippen molar-refractivity contribution in [2.24, 2.45) is 0 Å². The van der Waals surface area contributed by atoms with Crippen molar-refractivity contribution >= 4 is 16.6 Å². The average Bonchev–Trinajstić information content (AvgIpc) is 3.54. The summed E-state index contributed by atoms with van der Waals surface area (Å²) >= 11 is 0. The highest BCUT2D eigenvalue weighted by atomic mass is 16.3. The number of nitrogens with zero attached hydrogens (tertiary/aromatic N) is 4. The molecule has 1 aliphatic heterocycles. The Morgan fingerprint density at radius 3 is 2.79 bits per heavy atom. The van der Waals surface area contributed by atoms with Gasteiger partial charge in [0.15, 0.2) is 5.82 Å². The lowest BCUT2D eigenvalue weighted by molar-refractivity contribution is 0.261. The third-order valence-corrected chi connectivity index (χ3v) is 5.87. The van der Waals surface area contributed by atoms with Crippen LogP contribution in [0.15, 0.2) is 36.7 Å². The van der Waals surface area contributed by atoms with Crippen LogP contribution in [0.1, 0.15) is 37.2 Å². The number of benzene rings is 1. The van der Waals surface area contributed by atoms with Crippen LogP contribution in [-0.4, -0.2) is 51.4 Å². The normalized spacial score (nSPS) is 20.4. The maximum absolute atomic E-state index is 10.6. The van der Waals surface area contributed by atoms with Gasteiger partial charge in [-0.3, -0.25) is 4.98 Å². The van der Waals surface area contributed by atoms with E-state index in [0.717, 1.165) is 41.7 Å². The minimum atomic E-state index is 0.270. The number of likely N-dealkylation sites (tertiary alicyclic amines) is 1. The molecule has 0 amide bonds. The second kappa shape index (κ2) is 7.02. The Bertz CT molecular complexity index is 1020. The Labute approximate surface area is 164 Å². The van der Waals surface area contributed by atoms with Gasteiger partial charge >= 0.3 is 0 Å². The summed E-state index contributed by atoms with van der Waals surface area (Å²) in [6, 6.07) is 8.26. The Morgan fingerprint density at radius 1 is 1.11 bits per heavy atom. The number of aromatic hydroxyl groups is 1. The quantitative estimate of drug-likeness (QED) is 0.723. The molecule has 2 fully saturated rings. The first-order valence-electron chi connectivity index (χ1n) is 10.1. The van der Waals surface area contributed by atoms with E-state index in [4.69, 9.17) is 0 Å². The highest BCUT2D eigenvalue weighted by molar-refractivity contribution is 6.00. The number of piperidine rings is 1. The molecule has 3 heterocycles. The lowest BCUT2D eigenvalue weighted by Crippen LogP contribution is -2.40. The molecule has 2 aliphatic rings. The zero-order valence-electron chi connectivity index (χ0n) is 16.1. The number of rotatable bonds is 4. The molecule has 144 valence electrons. The number of phenols is 1. The van der Waals surface area contributed by atoms with E-state index in [0.29, 0.717) is 17.7 Å². The van der Waals surface area contributed by atoms with E-state index in [1.807, 2.05) is 24.4 Å². The molecule has 1 saturated heterocycles. The fourth-order valence-corrected chi connectivity index (χ4v) is 4.20. The van der Waals surface area contributed by atoms with E-state index in [-0.39, 0.29) is 5.75 Å². The van der Waals surface area contributed by atoms with Crippen LogP contribution in [0.5, 0.6) is 5.75 Å². The SMILES string of the molecule is CN1CCC[C@@H](Nc2nnc(-c3ccc(C4CC4)cc3O)c3ccncc23)C1. The fraction of sp³-hybridized carbons (Fsp3) is 0.409. The second-order valence-electron chi connectivity index (χ2n) is 8.12. The largest absolute Gasteiger partial charge is 0.507 e.